The third-order valence-corrected chi connectivity index (χ3v) is 4.93. The van der Waals surface area contributed by atoms with Crippen LogP contribution in [-0.4, -0.2) is 11.8 Å². The predicted octanol–water partition coefficient (Wildman–Crippen LogP) is 5.18. The van der Waals surface area contributed by atoms with Gasteiger partial charge in [-0.3, -0.25) is 0 Å². The molecule has 18 heavy (non-hydrogen) atoms. The van der Waals surface area contributed by atoms with Crippen LogP contribution in [0.4, 0.5) is 5.69 Å². The molecule has 1 aromatic carbocycles. The van der Waals surface area contributed by atoms with Crippen LogP contribution in [0, 0.1) is 5.92 Å². The van der Waals surface area contributed by atoms with E-state index in [1.165, 1.54) is 42.7 Å². The van der Waals surface area contributed by atoms with Crippen molar-refractivity contribution in [2.24, 2.45) is 5.92 Å². The monoisotopic (exact) mass is 263 g/mol. The minimum Gasteiger partial charge on any atom is -0.384 e. The molecule has 0 aliphatic heterocycles. The van der Waals surface area contributed by atoms with Gasteiger partial charge in [-0.1, -0.05) is 38.8 Å². The van der Waals surface area contributed by atoms with Gasteiger partial charge in [0, 0.05) is 22.4 Å². The number of hydrogen-bond acceptors (Lipinski definition) is 2. The molecule has 100 valence electrons. The highest BCUT2D eigenvalue weighted by Gasteiger charge is 2.17. The zero-order valence-corrected chi connectivity index (χ0v) is 12.4. The van der Waals surface area contributed by atoms with Gasteiger partial charge in [0.15, 0.2) is 0 Å². The van der Waals surface area contributed by atoms with Gasteiger partial charge in [0.25, 0.3) is 0 Å². The zero-order valence-electron chi connectivity index (χ0n) is 11.6. The molecule has 0 radical (unpaired) electrons. The SMILES string of the molecule is CC(C)CCNc1ccccc1SC1CCCC1. The lowest BCUT2D eigenvalue weighted by atomic mass is 10.1. The fourth-order valence-electron chi connectivity index (χ4n) is 2.40. The number of hydrogen-bond donors (Lipinski definition) is 1. The molecule has 0 spiro atoms. The first-order valence-corrected chi connectivity index (χ1v) is 8.13. The van der Waals surface area contributed by atoms with Crippen LogP contribution in [0.15, 0.2) is 29.2 Å². The van der Waals surface area contributed by atoms with Crippen LogP contribution >= 0.6 is 11.8 Å². The Balaban J connectivity index is 1.91. The zero-order chi connectivity index (χ0) is 12.8. The third-order valence-electron chi connectivity index (χ3n) is 3.52. The second-order valence-corrected chi connectivity index (χ2v) is 6.97. The smallest absolute Gasteiger partial charge is 0.0478 e. The molecule has 0 heterocycles. The summed E-state index contributed by atoms with van der Waals surface area (Å²) < 4.78 is 0. The summed E-state index contributed by atoms with van der Waals surface area (Å²) in [5, 5.41) is 4.44. The summed E-state index contributed by atoms with van der Waals surface area (Å²) in [5.41, 5.74) is 1.33. The quantitative estimate of drug-likeness (QED) is 0.759. The average molecular weight is 263 g/mol. The van der Waals surface area contributed by atoms with E-state index in [4.69, 9.17) is 0 Å². The van der Waals surface area contributed by atoms with E-state index in [1.54, 1.807) is 0 Å². The molecule has 1 aliphatic rings. The van der Waals surface area contributed by atoms with Crippen LogP contribution < -0.4 is 5.32 Å². The van der Waals surface area contributed by atoms with Crippen molar-refractivity contribution in [1.29, 1.82) is 0 Å². The van der Waals surface area contributed by atoms with E-state index in [0.717, 1.165) is 17.7 Å². The Morgan fingerprint density at radius 3 is 2.67 bits per heavy atom. The molecule has 1 fully saturated rings. The lowest BCUT2D eigenvalue weighted by molar-refractivity contribution is 0.607. The van der Waals surface area contributed by atoms with Crippen molar-refractivity contribution < 1.29 is 0 Å². The highest BCUT2D eigenvalue weighted by molar-refractivity contribution is 8.00. The third kappa shape index (κ3) is 4.24. The normalized spacial score (nSPS) is 16.4. The van der Waals surface area contributed by atoms with Gasteiger partial charge < -0.3 is 5.32 Å². The Hall–Kier alpha value is -0.630. The van der Waals surface area contributed by atoms with Crippen molar-refractivity contribution in [2.45, 2.75) is 56.1 Å². The van der Waals surface area contributed by atoms with Gasteiger partial charge in [-0.2, -0.15) is 0 Å². The molecular weight excluding hydrogens is 238 g/mol. The molecule has 1 saturated carbocycles. The number of thioether (sulfide) groups is 1. The number of rotatable bonds is 6. The summed E-state index contributed by atoms with van der Waals surface area (Å²) in [5.74, 6) is 0.771. The fraction of sp³-hybridized carbons (Fsp3) is 0.625. The summed E-state index contributed by atoms with van der Waals surface area (Å²) in [7, 11) is 0. The van der Waals surface area contributed by atoms with Crippen molar-refractivity contribution in [1.82, 2.24) is 0 Å². The maximum atomic E-state index is 3.60. The van der Waals surface area contributed by atoms with Crippen LogP contribution in [0.1, 0.15) is 46.0 Å². The number of anilines is 1. The molecule has 2 heteroatoms. The van der Waals surface area contributed by atoms with E-state index in [-0.39, 0.29) is 0 Å². The molecule has 0 unspecified atom stereocenters. The average Bonchev–Trinajstić information content (AvgIpc) is 2.84. The van der Waals surface area contributed by atoms with Gasteiger partial charge >= 0.3 is 0 Å². The summed E-state index contributed by atoms with van der Waals surface area (Å²) in [4.78, 5) is 1.44. The predicted molar refractivity (Wildman–Crippen MR) is 82.5 cm³/mol. The molecule has 1 aromatic rings. The molecule has 1 nitrogen and oxygen atoms in total. The summed E-state index contributed by atoms with van der Waals surface area (Å²) in [6, 6.07) is 8.78. The first kappa shape index (κ1) is 13.8. The van der Waals surface area contributed by atoms with E-state index < -0.39 is 0 Å². The van der Waals surface area contributed by atoms with Crippen LogP contribution in [0.3, 0.4) is 0 Å². The van der Waals surface area contributed by atoms with Gasteiger partial charge in [-0.05, 0) is 37.3 Å². The van der Waals surface area contributed by atoms with E-state index in [1.807, 2.05) is 0 Å². The highest BCUT2D eigenvalue weighted by atomic mass is 32.2. The van der Waals surface area contributed by atoms with Crippen LogP contribution in [-0.2, 0) is 0 Å². The van der Waals surface area contributed by atoms with Gasteiger partial charge in [0.2, 0.25) is 0 Å². The van der Waals surface area contributed by atoms with Crippen molar-refractivity contribution in [2.75, 3.05) is 11.9 Å². The standard InChI is InChI=1S/C16H25NS/c1-13(2)11-12-17-15-9-5-6-10-16(15)18-14-7-3-4-8-14/h5-6,9-10,13-14,17H,3-4,7-8,11-12H2,1-2H3. The Labute approximate surface area is 116 Å². The van der Waals surface area contributed by atoms with Crippen molar-refractivity contribution in [3.63, 3.8) is 0 Å². The number of para-hydroxylation sites is 1. The second-order valence-electron chi connectivity index (χ2n) is 5.63. The van der Waals surface area contributed by atoms with E-state index >= 15 is 0 Å². The minimum atomic E-state index is 0.771. The summed E-state index contributed by atoms with van der Waals surface area (Å²) >= 11 is 2.07. The molecule has 0 aromatic heterocycles. The van der Waals surface area contributed by atoms with E-state index in [0.29, 0.717) is 0 Å². The Morgan fingerprint density at radius 2 is 1.94 bits per heavy atom. The maximum absolute atomic E-state index is 3.60. The Kier molecular flexibility index (Phi) is 5.43. The molecule has 1 N–H and O–H groups in total. The summed E-state index contributed by atoms with van der Waals surface area (Å²) in [6.07, 6.45) is 6.86. The van der Waals surface area contributed by atoms with Gasteiger partial charge in [0.05, 0.1) is 0 Å². The number of benzene rings is 1. The lowest BCUT2D eigenvalue weighted by Gasteiger charge is -2.15. The van der Waals surface area contributed by atoms with Crippen LogP contribution in [0.25, 0.3) is 0 Å². The largest absolute Gasteiger partial charge is 0.384 e. The second kappa shape index (κ2) is 7.08. The highest BCUT2D eigenvalue weighted by Crippen LogP contribution is 2.37. The van der Waals surface area contributed by atoms with Gasteiger partial charge in [-0.15, -0.1) is 11.8 Å². The summed E-state index contributed by atoms with van der Waals surface area (Å²) in [6.45, 7) is 5.64. The first-order chi connectivity index (χ1) is 8.75. The molecule has 1 aliphatic carbocycles. The lowest BCUT2D eigenvalue weighted by Crippen LogP contribution is -2.06. The van der Waals surface area contributed by atoms with E-state index in [2.05, 4.69) is 55.2 Å². The van der Waals surface area contributed by atoms with Gasteiger partial charge in [-0.25, -0.2) is 0 Å². The molecule has 0 atom stereocenters. The van der Waals surface area contributed by atoms with Crippen LogP contribution in [0.5, 0.6) is 0 Å². The number of nitrogens with one attached hydrogen (secondary N) is 1. The topological polar surface area (TPSA) is 12.0 Å². The molecule has 0 amide bonds. The van der Waals surface area contributed by atoms with Crippen molar-refractivity contribution >= 4 is 17.4 Å². The Bertz CT molecular complexity index is 356. The van der Waals surface area contributed by atoms with Crippen molar-refractivity contribution in [3.05, 3.63) is 24.3 Å². The van der Waals surface area contributed by atoms with Crippen LogP contribution in [0.2, 0.25) is 0 Å². The fourth-order valence-corrected chi connectivity index (χ4v) is 3.75. The molecular formula is C16H25NS. The van der Waals surface area contributed by atoms with E-state index in [9.17, 15) is 0 Å². The molecule has 0 bridgehead atoms. The molecule has 2 rings (SSSR count). The maximum Gasteiger partial charge on any atom is 0.0478 e. The Morgan fingerprint density at radius 1 is 1.22 bits per heavy atom. The van der Waals surface area contributed by atoms with Gasteiger partial charge in [0.1, 0.15) is 0 Å². The van der Waals surface area contributed by atoms with Crippen molar-refractivity contribution in [3.8, 4) is 0 Å². The minimum absolute atomic E-state index is 0.771. The molecule has 0 saturated heterocycles. The first-order valence-electron chi connectivity index (χ1n) is 7.25.